The topological polar surface area (TPSA) is 152 Å². The van der Waals surface area contributed by atoms with Gasteiger partial charge >= 0.3 is 0 Å². The summed E-state index contributed by atoms with van der Waals surface area (Å²) in [6.45, 7) is 14.4. The van der Waals surface area contributed by atoms with Crippen LogP contribution in [0, 0.1) is 0 Å². The smallest absolute Gasteiger partial charge is 0.294 e. The summed E-state index contributed by atoms with van der Waals surface area (Å²) in [6, 6.07) is 25.6. The fourth-order valence-corrected chi connectivity index (χ4v) is 13.2. The normalized spacial score (nSPS) is 18.5. The molecule has 0 spiro atoms. The third-order valence-electron chi connectivity index (χ3n) is 13.6. The van der Waals surface area contributed by atoms with E-state index in [-0.39, 0.29) is 14.7 Å². The Morgan fingerprint density at radius 3 is 1.98 bits per heavy atom. The third kappa shape index (κ3) is 8.53. The van der Waals surface area contributed by atoms with E-state index in [4.69, 9.17) is 0 Å². The van der Waals surface area contributed by atoms with Crippen molar-refractivity contribution in [2.24, 2.45) is 0 Å². The molecule has 66 heavy (non-hydrogen) atoms. The van der Waals surface area contributed by atoms with Crippen molar-refractivity contribution >= 4 is 68.7 Å². The second-order valence-electron chi connectivity index (χ2n) is 18.7. The lowest BCUT2D eigenvalue weighted by molar-refractivity contribution is -0.438. The lowest BCUT2D eigenvalue weighted by atomic mass is 9.79. The molecule has 0 fully saturated rings. The number of fused-ring (bicyclic) bond motifs is 6. The Morgan fingerprint density at radius 2 is 1.32 bits per heavy atom. The van der Waals surface area contributed by atoms with Crippen LogP contribution in [0.25, 0.3) is 21.5 Å². The molecule has 3 aliphatic rings. The maximum atomic E-state index is 14.9. The van der Waals surface area contributed by atoms with Crippen LogP contribution >= 0.6 is 0 Å². The molecule has 5 aromatic carbocycles. The van der Waals surface area contributed by atoms with Gasteiger partial charge < -0.3 is 9.45 Å². The summed E-state index contributed by atoms with van der Waals surface area (Å²) >= 11 is 0. The van der Waals surface area contributed by atoms with Gasteiger partial charge in [0.2, 0.25) is 15.5 Å². The van der Waals surface area contributed by atoms with Gasteiger partial charge in [-0.2, -0.15) is 13.0 Å². The fraction of sp³-hybridized carbons (Fsp3) is 0.340. The van der Waals surface area contributed by atoms with Crippen molar-refractivity contribution in [3.05, 3.63) is 148 Å². The first-order valence-corrected chi connectivity index (χ1v) is 27.2. The summed E-state index contributed by atoms with van der Waals surface area (Å²) in [5.74, 6) is 0. The van der Waals surface area contributed by atoms with E-state index >= 15 is 0 Å². The van der Waals surface area contributed by atoms with Crippen LogP contribution in [0.5, 0.6) is 0 Å². The molecule has 1 aliphatic carbocycles. The summed E-state index contributed by atoms with van der Waals surface area (Å²) in [5.41, 5.74) is 6.36. The largest absolute Gasteiger partial charge is 0.744 e. The minimum atomic E-state index is -4.65. The zero-order valence-corrected chi connectivity index (χ0v) is 40.9. The molecule has 8 rings (SSSR count). The molecule has 0 saturated heterocycles. The van der Waals surface area contributed by atoms with Crippen molar-refractivity contribution in [2.75, 3.05) is 18.0 Å². The number of unbranched alkanes of at least 4 members (excludes halogenated alkanes) is 4. The van der Waals surface area contributed by atoms with Gasteiger partial charge in [-0.15, -0.1) is 0 Å². The molecule has 0 aromatic heterocycles. The molecular weight excluding hydrogens is 889 g/mol. The van der Waals surface area contributed by atoms with Gasteiger partial charge in [-0.1, -0.05) is 95.5 Å². The highest BCUT2D eigenvalue weighted by Gasteiger charge is 2.46. The number of nitrogens with zero attached hydrogens (tertiary/aromatic N) is 2. The Bertz CT molecular complexity index is 3290. The molecule has 10 nitrogen and oxygen atoms in total. The van der Waals surface area contributed by atoms with Crippen molar-refractivity contribution in [2.45, 2.75) is 118 Å². The summed E-state index contributed by atoms with van der Waals surface area (Å²) in [4.78, 5) is 2.37. The minimum absolute atomic E-state index is 0.164. The Labute approximate surface area is 390 Å². The summed E-state index contributed by atoms with van der Waals surface area (Å²) in [5, 5.41) is 3.10. The maximum absolute atomic E-state index is 14.9. The number of hydrogen-bond acceptors (Lipinski definition) is 8. The van der Waals surface area contributed by atoms with Crippen molar-refractivity contribution in [1.29, 1.82) is 0 Å². The first-order chi connectivity index (χ1) is 31.2. The molecule has 2 heterocycles. The van der Waals surface area contributed by atoms with E-state index in [2.05, 4.69) is 63.2 Å². The first kappa shape index (κ1) is 47.3. The van der Waals surface area contributed by atoms with Crippen LogP contribution in [0.15, 0.2) is 152 Å². The van der Waals surface area contributed by atoms with Gasteiger partial charge in [-0.3, -0.25) is 4.55 Å². The lowest BCUT2D eigenvalue weighted by Gasteiger charge is -2.27. The van der Waals surface area contributed by atoms with Crippen LogP contribution in [0.4, 0.5) is 11.4 Å². The maximum Gasteiger partial charge on any atom is 0.294 e. The van der Waals surface area contributed by atoms with E-state index in [0.29, 0.717) is 39.7 Å². The van der Waals surface area contributed by atoms with Crippen LogP contribution in [0.2, 0.25) is 0 Å². The van der Waals surface area contributed by atoms with Gasteiger partial charge in [0, 0.05) is 47.5 Å². The van der Waals surface area contributed by atoms with Gasteiger partial charge in [0.15, 0.2) is 5.71 Å². The van der Waals surface area contributed by atoms with E-state index in [0.717, 1.165) is 96.3 Å². The van der Waals surface area contributed by atoms with Gasteiger partial charge in [0.05, 0.1) is 25.0 Å². The van der Waals surface area contributed by atoms with Gasteiger partial charge in [0.1, 0.15) is 16.7 Å². The molecule has 13 heteroatoms. The molecule has 346 valence electrons. The van der Waals surface area contributed by atoms with Crippen molar-refractivity contribution in [1.82, 2.24) is 0 Å². The van der Waals surface area contributed by atoms with Crippen LogP contribution in [0.1, 0.15) is 104 Å². The summed E-state index contributed by atoms with van der Waals surface area (Å²) in [6.07, 6.45) is 15.1. The predicted octanol–water partition coefficient (Wildman–Crippen LogP) is 11.6. The summed E-state index contributed by atoms with van der Waals surface area (Å²) in [7, 11) is -13.0. The Balaban J connectivity index is 1.26. The number of rotatable bonds is 15. The van der Waals surface area contributed by atoms with E-state index in [1.165, 1.54) is 24.3 Å². The number of sulfone groups is 1. The first-order valence-electron chi connectivity index (χ1n) is 22.8. The van der Waals surface area contributed by atoms with E-state index < -0.39 is 40.9 Å². The van der Waals surface area contributed by atoms with Gasteiger partial charge in [-0.05, 0) is 132 Å². The second kappa shape index (κ2) is 17.8. The quantitative estimate of drug-likeness (QED) is 0.0614. The molecule has 0 amide bonds. The average Bonchev–Trinajstić information content (AvgIpc) is 3.86. The molecule has 0 atom stereocenters. The van der Waals surface area contributed by atoms with E-state index in [9.17, 15) is 34.4 Å². The minimum Gasteiger partial charge on any atom is -0.744 e. The number of hydrogen-bond donors (Lipinski definition) is 1. The van der Waals surface area contributed by atoms with E-state index in [1.807, 2.05) is 36.4 Å². The number of anilines is 1. The number of benzene rings is 5. The van der Waals surface area contributed by atoms with Gasteiger partial charge in [0.25, 0.3) is 10.1 Å². The highest BCUT2D eigenvalue weighted by atomic mass is 32.2. The van der Waals surface area contributed by atoms with Crippen LogP contribution in [-0.4, -0.2) is 57.7 Å². The van der Waals surface area contributed by atoms with Crippen molar-refractivity contribution < 1.29 is 38.9 Å². The zero-order valence-electron chi connectivity index (χ0n) is 38.5. The van der Waals surface area contributed by atoms with Crippen molar-refractivity contribution in [3.63, 3.8) is 0 Å². The monoisotopic (exact) mass is 946 g/mol. The lowest BCUT2D eigenvalue weighted by Crippen LogP contribution is -2.28. The Kier molecular flexibility index (Phi) is 12.8. The standard InChI is InChI=1S/C53H58N2O8S3/c1-7-9-14-32-54-45-28-20-38-34-41(65(58,59)60)24-26-43(38)49(45)52(3,4)47(54)30-22-36-18-19-37(51(36)64(56,57)40-16-12-11-13-17-40)23-31-48-53(5,6)50-44-27-25-42(66(61,62)63)35-39(44)21-29-46(50)55(48)33-15-10-8-2/h11-13,16-17,20-31,34-35H,7-10,14-15,18-19,32-33H2,1-6H3,(H-,58,59,60,61,62,63). The van der Waals surface area contributed by atoms with Crippen LogP contribution in [0.3, 0.4) is 0 Å². The van der Waals surface area contributed by atoms with Crippen LogP contribution in [-0.2, 0) is 40.9 Å². The fourth-order valence-electron chi connectivity index (χ4n) is 10.4. The molecule has 1 N–H and O–H groups in total. The number of allylic oxidation sites excluding steroid dienone is 7. The molecule has 0 radical (unpaired) electrons. The van der Waals surface area contributed by atoms with Crippen molar-refractivity contribution in [3.8, 4) is 0 Å². The molecule has 0 unspecified atom stereocenters. The summed E-state index contributed by atoms with van der Waals surface area (Å²) < 4.78 is 102. The highest BCUT2D eigenvalue weighted by Crippen LogP contribution is 2.52. The highest BCUT2D eigenvalue weighted by molar-refractivity contribution is 7.95. The molecule has 5 aromatic rings. The Morgan fingerprint density at radius 1 is 0.682 bits per heavy atom. The second-order valence-corrected chi connectivity index (χ2v) is 23.4. The average molecular weight is 947 g/mol. The third-order valence-corrected chi connectivity index (χ3v) is 17.3. The molecule has 2 aliphatic heterocycles. The molecular formula is C53H58N2O8S3. The molecule has 0 saturated carbocycles. The van der Waals surface area contributed by atoms with E-state index in [1.54, 1.807) is 42.5 Å². The SMILES string of the molecule is CCCCCN1C(=CC=C2CCC(C=CC3=[N+](CCCCC)c4ccc5cc(S(=O)(=O)O)ccc5c4C3(C)C)=C2S(=O)(=O)c2ccccc2)C(C)(C)c2c1ccc1cc(S(=O)(=O)[O-])ccc21. The van der Waals surface area contributed by atoms with Gasteiger partial charge in [-0.25, -0.2) is 16.8 Å². The van der Waals surface area contributed by atoms with Crippen LogP contribution < -0.4 is 4.90 Å². The molecule has 0 bridgehead atoms. The Hall–Kier alpha value is -5.18. The zero-order chi connectivity index (χ0) is 47.4. The predicted molar refractivity (Wildman–Crippen MR) is 263 cm³/mol.